The second-order valence-electron chi connectivity index (χ2n) is 7.38. The molecule has 2 heterocycles. The van der Waals surface area contributed by atoms with E-state index in [1.807, 2.05) is 0 Å². The van der Waals surface area contributed by atoms with E-state index in [9.17, 15) is 9.59 Å². The van der Waals surface area contributed by atoms with E-state index in [2.05, 4.69) is 13.8 Å². The fourth-order valence-electron chi connectivity index (χ4n) is 3.86. The van der Waals surface area contributed by atoms with Gasteiger partial charge in [0, 0.05) is 0 Å². The molecule has 2 aliphatic heterocycles. The molecular formula is C20H34O5. The monoisotopic (exact) mass is 354 g/mol. The van der Waals surface area contributed by atoms with Crippen molar-refractivity contribution in [1.29, 1.82) is 0 Å². The van der Waals surface area contributed by atoms with E-state index in [4.69, 9.17) is 14.2 Å². The Hall–Kier alpha value is -1.10. The minimum atomic E-state index is -1.09. The average molecular weight is 354 g/mol. The van der Waals surface area contributed by atoms with Gasteiger partial charge < -0.3 is 14.2 Å². The highest BCUT2D eigenvalue weighted by atomic mass is 16.6. The molecule has 0 aromatic carbocycles. The van der Waals surface area contributed by atoms with Crippen LogP contribution in [0.15, 0.2) is 0 Å². The zero-order chi connectivity index (χ0) is 18.1. The van der Waals surface area contributed by atoms with Gasteiger partial charge in [-0.1, -0.05) is 52.4 Å². The molecule has 0 amide bonds. The minimum Gasteiger partial charge on any atom is -0.465 e. The number of carbonyl (C=O) groups is 2. The lowest BCUT2D eigenvalue weighted by Crippen LogP contribution is -2.47. The topological polar surface area (TPSA) is 61.8 Å². The molecule has 144 valence electrons. The molecule has 25 heavy (non-hydrogen) atoms. The van der Waals surface area contributed by atoms with Crippen molar-refractivity contribution in [2.75, 3.05) is 13.2 Å². The number of unbranched alkanes of at least 4 members (excludes halogenated alkanes) is 6. The van der Waals surface area contributed by atoms with Crippen LogP contribution in [-0.4, -0.2) is 36.9 Å². The summed E-state index contributed by atoms with van der Waals surface area (Å²) in [5.74, 6) is -1.15. The first kappa shape index (κ1) is 20.2. The van der Waals surface area contributed by atoms with E-state index in [0.717, 1.165) is 57.8 Å². The molecule has 0 spiro atoms. The van der Waals surface area contributed by atoms with E-state index in [1.54, 1.807) is 0 Å². The van der Waals surface area contributed by atoms with Crippen LogP contribution >= 0.6 is 0 Å². The summed E-state index contributed by atoms with van der Waals surface area (Å²) >= 11 is 0. The Balaban J connectivity index is 1.81. The van der Waals surface area contributed by atoms with Gasteiger partial charge in [-0.3, -0.25) is 4.79 Å². The van der Waals surface area contributed by atoms with Gasteiger partial charge >= 0.3 is 11.9 Å². The largest absolute Gasteiger partial charge is 0.465 e. The van der Waals surface area contributed by atoms with Crippen molar-refractivity contribution < 1.29 is 23.8 Å². The molecule has 0 N–H and O–H groups in total. The molecule has 0 radical (unpaired) electrons. The number of fused-ring (bicyclic) bond motifs is 2. The molecule has 2 rings (SSSR count). The maximum atomic E-state index is 12.6. The Labute approximate surface area is 151 Å². The van der Waals surface area contributed by atoms with Gasteiger partial charge in [-0.15, -0.1) is 0 Å². The number of hydrogen-bond donors (Lipinski definition) is 0. The van der Waals surface area contributed by atoms with E-state index in [1.165, 1.54) is 0 Å². The van der Waals surface area contributed by atoms with Crippen molar-refractivity contribution in [1.82, 2.24) is 0 Å². The summed E-state index contributed by atoms with van der Waals surface area (Å²) in [4.78, 5) is 25.1. The van der Waals surface area contributed by atoms with Crippen LogP contribution in [0.4, 0.5) is 0 Å². The fraction of sp³-hybridized carbons (Fsp3) is 0.900. The van der Waals surface area contributed by atoms with E-state index < -0.39 is 11.5 Å². The maximum absolute atomic E-state index is 12.6. The first-order valence-electron chi connectivity index (χ1n) is 10.2. The summed E-state index contributed by atoms with van der Waals surface area (Å²) in [6, 6.07) is 0. The third-order valence-electron chi connectivity index (χ3n) is 5.38. The van der Waals surface area contributed by atoms with Crippen LogP contribution in [0.2, 0.25) is 0 Å². The molecule has 0 aromatic heterocycles. The first-order chi connectivity index (χ1) is 12.1. The van der Waals surface area contributed by atoms with Gasteiger partial charge in [-0.25, -0.2) is 4.79 Å². The first-order valence-corrected chi connectivity index (χ1v) is 10.2. The molecule has 2 saturated heterocycles. The van der Waals surface area contributed by atoms with Gasteiger partial charge in [0.2, 0.25) is 0 Å². The van der Waals surface area contributed by atoms with Crippen molar-refractivity contribution in [2.45, 2.75) is 96.2 Å². The molecular weight excluding hydrogens is 320 g/mol. The number of hydrogen-bond acceptors (Lipinski definition) is 5. The molecule has 2 bridgehead atoms. The van der Waals surface area contributed by atoms with Crippen LogP contribution in [0, 0.1) is 5.92 Å². The highest BCUT2D eigenvalue weighted by Crippen LogP contribution is 2.49. The van der Waals surface area contributed by atoms with Gasteiger partial charge in [-0.2, -0.15) is 0 Å². The fourth-order valence-corrected chi connectivity index (χ4v) is 3.86. The Bertz CT molecular complexity index is 436. The summed E-state index contributed by atoms with van der Waals surface area (Å²) in [6.07, 6.45) is 10.4. The van der Waals surface area contributed by atoms with Crippen LogP contribution in [-0.2, 0) is 23.8 Å². The van der Waals surface area contributed by atoms with Gasteiger partial charge in [0.25, 0.3) is 0 Å². The Kier molecular flexibility index (Phi) is 8.20. The van der Waals surface area contributed by atoms with Crippen LogP contribution in [0.3, 0.4) is 0 Å². The minimum absolute atomic E-state index is 0.00900. The van der Waals surface area contributed by atoms with Crippen molar-refractivity contribution in [3.8, 4) is 0 Å². The molecule has 0 aromatic rings. The second-order valence-corrected chi connectivity index (χ2v) is 7.38. The smallest absolute Gasteiger partial charge is 0.339 e. The highest BCUT2D eigenvalue weighted by molar-refractivity contribution is 5.89. The highest BCUT2D eigenvalue weighted by Gasteiger charge is 2.62. The second kappa shape index (κ2) is 10.1. The molecule has 5 heteroatoms. The van der Waals surface area contributed by atoms with E-state index in [0.29, 0.717) is 26.1 Å². The Morgan fingerprint density at radius 2 is 1.60 bits per heavy atom. The van der Waals surface area contributed by atoms with Crippen LogP contribution in [0.5, 0.6) is 0 Å². The normalized spacial score (nSPS) is 27.4. The van der Waals surface area contributed by atoms with Gasteiger partial charge in [0.05, 0.1) is 25.2 Å². The summed E-state index contributed by atoms with van der Waals surface area (Å²) in [6.45, 7) is 5.14. The van der Waals surface area contributed by atoms with Crippen LogP contribution < -0.4 is 0 Å². The third kappa shape index (κ3) is 5.19. The number of ether oxygens (including phenoxy) is 3. The molecule has 3 atom stereocenters. The van der Waals surface area contributed by atoms with Crippen LogP contribution in [0.25, 0.3) is 0 Å². The lowest BCUT2D eigenvalue weighted by molar-refractivity contribution is -0.176. The summed E-state index contributed by atoms with van der Waals surface area (Å²) in [5, 5.41) is 0. The number of carbonyl (C=O) groups excluding carboxylic acids is 2. The van der Waals surface area contributed by atoms with Crippen molar-refractivity contribution >= 4 is 11.9 Å². The predicted octanol–water partition coefficient (Wildman–Crippen LogP) is 4.17. The van der Waals surface area contributed by atoms with Gasteiger partial charge in [-0.05, 0) is 32.1 Å². The Morgan fingerprint density at radius 1 is 0.960 bits per heavy atom. The Morgan fingerprint density at radius 3 is 2.20 bits per heavy atom. The zero-order valence-electron chi connectivity index (χ0n) is 15.9. The van der Waals surface area contributed by atoms with E-state index >= 15 is 0 Å². The molecule has 0 aliphatic carbocycles. The van der Waals surface area contributed by atoms with E-state index in [-0.39, 0.29) is 18.0 Å². The molecule has 5 nitrogen and oxygen atoms in total. The number of rotatable bonds is 12. The quantitative estimate of drug-likeness (QED) is 0.389. The van der Waals surface area contributed by atoms with Crippen molar-refractivity contribution in [3.63, 3.8) is 0 Å². The molecule has 0 saturated carbocycles. The summed E-state index contributed by atoms with van der Waals surface area (Å²) in [7, 11) is 0. The lowest BCUT2D eigenvalue weighted by atomic mass is 9.78. The lowest BCUT2D eigenvalue weighted by Gasteiger charge is -2.29. The zero-order valence-corrected chi connectivity index (χ0v) is 15.9. The summed E-state index contributed by atoms with van der Waals surface area (Å²) in [5.41, 5.74) is -1.09. The van der Waals surface area contributed by atoms with Gasteiger partial charge in [0.15, 0.2) is 5.60 Å². The van der Waals surface area contributed by atoms with Crippen LogP contribution in [0.1, 0.15) is 84.5 Å². The maximum Gasteiger partial charge on any atom is 0.339 e. The standard InChI is InChI=1S/C20H34O5/c1-3-5-7-9-13-23-18(21)17-15-16-11-12-20(17,25-16)19(22)24-14-10-8-6-4-2/h16-17H,3-15H2,1-2H3. The molecule has 2 aliphatic rings. The molecule has 3 unspecified atom stereocenters. The van der Waals surface area contributed by atoms with Crippen molar-refractivity contribution in [3.05, 3.63) is 0 Å². The predicted molar refractivity (Wildman–Crippen MR) is 95.1 cm³/mol. The average Bonchev–Trinajstić information content (AvgIpc) is 3.21. The van der Waals surface area contributed by atoms with Crippen molar-refractivity contribution in [2.24, 2.45) is 5.92 Å². The molecule has 2 fully saturated rings. The number of esters is 2. The third-order valence-corrected chi connectivity index (χ3v) is 5.38. The summed E-state index contributed by atoms with van der Waals surface area (Å²) < 4.78 is 16.8. The van der Waals surface area contributed by atoms with Gasteiger partial charge in [0.1, 0.15) is 0 Å². The SMILES string of the molecule is CCCCCCOC(=O)C1CC2CCC1(C(=O)OCCCCCC)O2.